The van der Waals surface area contributed by atoms with Crippen LogP contribution >= 0.6 is 34.7 Å². The molecule has 20 heavy (non-hydrogen) atoms. The summed E-state index contributed by atoms with van der Waals surface area (Å²) in [7, 11) is 1.89. The number of H-pyrrole nitrogens is 1. The Morgan fingerprint density at radius 2 is 2.40 bits per heavy atom. The number of hydrogen-bond acceptors (Lipinski definition) is 5. The number of rotatable bonds is 5. The van der Waals surface area contributed by atoms with Crippen molar-refractivity contribution in [2.45, 2.75) is 17.3 Å². The third-order valence-corrected chi connectivity index (χ3v) is 4.86. The number of nitrogens with one attached hydrogen (secondary N) is 1. The lowest BCUT2D eigenvalue weighted by Gasteiger charge is -1.99. The molecule has 0 aliphatic rings. The molecule has 5 nitrogen and oxygen atoms in total. The van der Waals surface area contributed by atoms with Gasteiger partial charge in [-0.3, -0.25) is 5.10 Å². The molecule has 1 N–H and O–H groups in total. The topological polar surface area (TPSA) is 59.4 Å². The van der Waals surface area contributed by atoms with Gasteiger partial charge in [0.1, 0.15) is 16.8 Å². The summed E-state index contributed by atoms with van der Waals surface area (Å²) in [6.45, 7) is 0. The number of thiophene rings is 1. The largest absolute Gasteiger partial charge is 0.322 e. The SMILES string of the molecule is Cn1c(Cl)cnc1CSc1n[nH]c(Cc2cccs2)n1. The van der Waals surface area contributed by atoms with Crippen LogP contribution in [0.3, 0.4) is 0 Å². The Morgan fingerprint density at radius 1 is 1.50 bits per heavy atom. The predicted molar refractivity (Wildman–Crippen MR) is 81.3 cm³/mol. The Bertz CT molecular complexity index is 689. The highest BCUT2D eigenvalue weighted by Gasteiger charge is 2.09. The zero-order valence-electron chi connectivity index (χ0n) is 10.7. The first-order valence-electron chi connectivity index (χ1n) is 5.95. The summed E-state index contributed by atoms with van der Waals surface area (Å²) < 4.78 is 1.85. The molecule has 3 heterocycles. The van der Waals surface area contributed by atoms with Crippen molar-refractivity contribution in [3.8, 4) is 0 Å². The van der Waals surface area contributed by atoms with E-state index in [2.05, 4.69) is 31.6 Å². The van der Waals surface area contributed by atoms with Gasteiger partial charge >= 0.3 is 0 Å². The van der Waals surface area contributed by atoms with Crippen molar-refractivity contribution < 1.29 is 0 Å². The second-order valence-corrected chi connectivity index (χ2v) is 6.53. The summed E-state index contributed by atoms with van der Waals surface area (Å²) in [4.78, 5) is 9.99. The summed E-state index contributed by atoms with van der Waals surface area (Å²) in [6.07, 6.45) is 2.44. The first kappa shape index (κ1) is 13.7. The Hall–Kier alpha value is -1.31. The molecule has 0 unspecified atom stereocenters. The van der Waals surface area contributed by atoms with E-state index in [0.717, 1.165) is 23.2 Å². The van der Waals surface area contributed by atoms with Crippen molar-refractivity contribution in [1.82, 2.24) is 24.7 Å². The van der Waals surface area contributed by atoms with E-state index >= 15 is 0 Å². The lowest BCUT2D eigenvalue weighted by atomic mass is 10.3. The molecule has 3 aromatic rings. The summed E-state index contributed by atoms with van der Waals surface area (Å²) in [5.74, 6) is 2.48. The van der Waals surface area contributed by atoms with Gasteiger partial charge in [0, 0.05) is 18.3 Å². The molecule has 0 saturated heterocycles. The van der Waals surface area contributed by atoms with Gasteiger partial charge in [0.25, 0.3) is 0 Å². The highest BCUT2D eigenvalue weighted by Crippen LogP contribution is 2.21. The Kier molecular flexibility index (Phi) is 4.09. The van der Waals surface area contributed by atoms with Crippen molar-refractivity contribution in [1.29, 1.82) is 0 Å². The van der Waals surface area contributed by atoms with Crippen LogP contribution in [0.2, 0.25) is 5.15 Å². The summed E-state index contributed by atoms with van der Waals surface area (Å²) in [5.41, 5.74) is 0. The molecule has 3 aromatic heterocycles. The van der Waals surface area contributed by atoms with Gasteiger partial charge in [-0.05, 0) is 11.4 Å². The van der Waals surface area contributed by atoms with Gasteiger partial charge in [-0.25, -0.2) is 9.97 Å². The number of aromatic nitrogens is 5. The minimum absolute atomic E-state index is 0.633. The number of imidazole rings is 1. The molecule has 0 atom stereocenters. The predicted octanol–water partition coefficient (Wildman–Crippen LogP) is 3.14. The molecule has 0 fully saturated rings. The first-order chi connectivity index (χ1) is 9.72. The van der Waals surface area contributed by atoms with Crippen LogP contribution in [0.25, 0.3) is 0 Å². The van der Waals surface area contributed by atoms with Crippen molar-refractivity contribution in [2.75, 3.05) is 0 Å². The lowest BCUT2D eigenvalue weighted by molar-refractivity contribution is 0.848. The molecule has 0 spiro atoms. The fraction of sp³-hybridized carbons (Fsp3) is 0.250. The molecule has 104 valence electrons. The third kappa shape index (κ3) is 3.05. The second-order valence-electron chi connectivity index (χ2n) is 4.17. The molecule has 8 heteroatoms. The monoisotopic (exact) mass is 325 g/mol. The van der Waals surface area contributed by atoms with Gasteiger partial charge in [0.05, 0.1) is 11.9 Å². The average Bonchev–Trinajstić information content (AvgIpc) is 3.15. The molecule has 0 amide bonds. The van der Waals surface area contributed by atoms with Crippen LogP contribution < -0.4 is 0 Å². The maximum absolute atomic E-state index is 5.95. The normalized spacial score (nSPS) is 11.1. The Morgan fingerprint density at radius 3 is 3.10 bits per heavy atom. The molecule has 0 aliphatic carbocycles. The van der Waals surface area contributed by atoms with Crippen molar-refractivity contribution in [2.24, 2.45) is 7.05 Å². The van der Waals surface area contributed by atoms with E-state index < -0.39 is 0 Å². The first-order valence-corrected chi connectivity index (χ1v) is 8.19. The molecule has 3 rings (SSSR count). The van der Waals surface area contributed by atoms with E-state index in [1.54, 1.807) is 29.3 Å². The van der Waals surface area contributed by atoms with Gasteiger partial charge in [-0.1, -0.05) is 29.4 Å². The number of aromatic amines is 1. The van der Waals surface area contributed by atoms with E-state index in [4.69, 9.17) is 11.6 Å². The summed E-state index contributed by atoms with van der Waals surface area (Å²) in [6, 6.07) is 4.13. The van der Waals surface area contributed by atoms with Crippen molar-refractivity contribution >= 4 is 34.7 Å². The van der Waals surface area contributed by atoms with Gasteiger partial charge in [0.2, 0.25) is 5.16 Å². The van der Waals surface area contributed by atoms with E-state index in [0.29, 0.717) is 10.9 Å². The fourth-order valence-electron chi connectivity index (χ4n) is 1.69. The zero-order chi connectivity index (χ0) is 13.9. The van der Waals surface area contributed by atoms with Crippen LogP contribution in [-0.2, 0) is 19.2 Å². The zero-order valence-corrected chi connectivity index (χ0v) is 13.1. The van der Waals surface area contributed by atoms with Crippen molar-refractivity contribution in [3.05, 3.63) is 45.4 Å². The van der Waals surface area contributed by atoms with Gasteiger partial charge in [0.15, 0.2) is 0 Å². The fourth-order valence-corrected chi connectivity index (χ4v) is 3.35. The Balaban J connectivity index is 1.61. The molecule has 0 saturated carbocycles. The number of hydrogen-bond donors (Lipinski definition) is 1. The molecular formula is C12H12ClN5S2. The maximum Gasteiger partial charge on any atom is 0.208 e. The minimum Gasteiger partial charge on any atom is -0.322 e. The maximum atomic E-state index is 5.95. The van der Waals surface area contributed by atoms with E-state index in [9.17, 15) is 0 Å². The molecular weight excluding hydrogens is 314 g/mol. The van der Waals surface area contributed by atoms with Crippen LogP contribution in [0.1, 0.15) is 16.5 Å². The van der Waals surface area contributed by atoms with Crippen LogP contribution in [0.4, 0.5) is 0 Å². The van der Waals surface area contributed by atoms with Gasteiger partial charge in [-0.2, -0.15) is 0 Å². The Labute approximate surface area is 129 Å². The van der Waals surface area contributed by atoms with Crippen molar-refractivity contribution in [3.63, 3.8) is 0 Å². The number of halogens is 1. The average molecular weight is 326 g/mol. The molecule has 0 bridgehead atoms. The number of nitrogens with zero attached hydrogens (tertiary/aromatic N) is 4. The highest BCUT2D eigenvalue weighted by atomic mass is 35.5. The minimum atomic E-state index is 0.633. The quantitative estimate of drug-likeness (QED) is 0.732. The molecule has 0 aromatic carbocycles. The number of thioether (sulfide) groups is 1. The summed E-state index contributed by atoms with van der Waals surface area (Å²) in [5, 5.41) is 10.6. The lowest BCUT2D eigenvalue weighted by Crippen LogP contribution is -1.96. The second kappa shape index (κ2) is 5.99. The van der Waals surface area contributed by atoms with Crippen LogP contribution in [-0.4, -0.2) is 24.7 Å². The molecule has 0 radical (unpaired) electrons. The van der Waals surface area contributed by atoms with Crippen LogP contribution in [0.15, 0.2) is 28.9 Å². The highest BCUT2D eigenvalue weighted by molar-refractivity contribution is 7.98. The van der Waals surface area contributed by atoms with Crippen LogP contribution in [0.5, 0.6) is 0 Å². The van der Waals surface area contributed by atoms with E-state index in [1.807, 2.05) is 17.7 Å². The third-order valence-electron chi connectivity index (χ3n) is 2.79. The van der Waals surface area contributed by atoms with Crippen LogP contribution in [0, 0.1) is 0 Å². The molecule has 0 aliphatic heterocycles. The van der Waals surface area contributed by atoms with E-state index in [1.165, 1.54) is 4.88 Å². The van der Waals surface area contributed by atoms with E-state index in [-0.39, 0.29) is 0 Å². The smallest absolute Gasteiger partial charge is 0.208 e. The van der Waals surface area contributed by atoms with Gasteiger partial charge in [-0.15, -0.1) is 16.4 Å². The summed E-state index contributed by atoms with van der Waals surface area (Å²) >= 11 is 9.21. The standard InChI is InChI=1S/C12H12ClN5S2/c1-18-9(13)6-14-11(18)7-20-12-15-10(16-17-12)5-8-3-2-4-19-8/h2-4,6H,5,7H2,1H3,(H,15,16,17). The van der Waals surface area contributed by atoms with Gasteiger partial charge < -0.3 is 4.57 Å².